The fraction of sp³-hybridized carbons (Fsp3) is 0.692. The van der Waals surface area contributed by atoms with E-state index < -0.39 is 0 Å². The van der Waals surface area contributed by atoms with Crippen LogP contribution in [-0.2, 0) is 9.47 Å². The molecule has 3 rings (SSSR count). The fourth-order valence-electron chi connectivity index (χ4n) is 2.60. The van der Waals surface area contributed by atoms with Crippen molar-refractivity contribution in [2.24, 2.45) is 17.8 Å². The number of rotatable bonds is 4. The van der Waals surface area contributed by atoms with Crippen LogP contribution in [0, 0.1) is 17.8 Å². The summed E-state index contributed by atoms with van der Waals surface area (Å²) in [6, 6.07) is 0. The standard InChI is InChI=1S/C11H16O2.C2H4/c1-2-9-3-8(1)4-10(9)5-12-6-11-7-13-11;1-2/h1-2,8-11H,3-7H2;1-2H2. The third-order valence-electron chi connectivity index (χ3n) is 3.45. The van der Waals surface area contributed by atoms with Crippen LogP contribution >= 0.6 is 0 Å². The summed E-state index contributed by atoms with van der Waals surface area (Å²) >= 11 is 0. The van der Waals surface area contributed by atoms with Crippen molar-refractivity contribution in [1.29, 1.82) is 0 Å². The van der Waals surface area contributed by atoms with Gasteiger partial charge in [-0.1, -0.05) is 12.2 Å². The van der Waals surface area contributed by atoms with Crippen molar-refractivity contribution < 1.29 is 9.47 Å². The van der Waals surface area contributed by atoms with E-state index in [0.29, 0.717) is 6.10 Å². The molecule has 1 aliphatic heterocycles. The highest BCUT2D eigenvalue weighted by atomic mass is 16.6. The minimum absolute atomic E-state index is 0.425. The molecule has 2 bridgehead atoms. The molecule has 1 saturated heterocycles. The minimum atomic E-state index is 0.425. The maximum absolute atomic E-state index is 5.64. The van der Waals surface area contributed by atoms with Gasteiger partial charge in [-0.2, -0.15) is 0 Å². The Labute approximate surface area is 92.0 Å². The molecule has 0 spiro atoms. The number of hydrogen-bond acceptors (Lipinski definition) is 2. The van der Waals surface area contributed by atoms with Crippen LogP contribution < -0.4 is 0 Å². The van der Waals surface area contributed by atoms with Gasteiger partial charge < -0.3 is 9.47 Å². The highest BCUT2D eigenvalue weighted by Gasteiger charge is 2.35. The summed E-state index contributed by atoms with van der Waals surface area (Å²) < 4.78 is 10.7. The van der Waals surface area contributed by atoms with E-state index in [9.17, 15) is 0 Å². The summed E-state index contributed by atoms with van der Waals surface area (Å²) in [7, 11) is 0. The van der Waals surface area contributed by atoms with E-state index in [1.54, 1.807) is 0 Å². The average Bonchev–Trinajstić information content (AvgIpc) is 2.88. The lowest BCUT2D eigenvalue weighted by atomic mass is 9.95. The Morgan fingerprint density at radius 3 is 2.53 bits per heavy atom. The zero-order chi connectivity index (χ0) is 10.7. The molecule has 0 aromatic carbocycles. The van der Waals surface area contributed by atoms with E-state index in [1.165, 1.54) is 12.8 Å². The first kappa shape index (κ1) is 10.9. The van der Waals surface area contributed by atoms with Crippen molar-refractivity contribution in [2.75, 3.05) is 19.8 Å². The Bertz CT molecular complexity index is 233. The highest BCUT2D eigenvalue weighted by molar-refractivity contribution is 5.09. The molecule has 2 heteroatoms. The lowest BCUT2D eigenvalue weighted by molar-refractivity contribution is 0.0784. The maximum Gasteiger partial charge on any atom is 0.104 e. The minimum Gasteiger partial charge on any atom is -0.378 e. The Balaban J connectivity index is 0.000000404. The van der Waals surface area contributed by atoms with Gasteiger partial charge >= 0.3 is 0 Å². The predicted molar refractivity (Wildman–Crippen MR) is 60.7 cm³/mol. The highest BCUT2D eigenvalue weighted by Crippen LogP contribution is 2.43. The number of fused-ring (bicyclic) bond motifs is 2. The van der Waals surface area contributed by atoms with Crippen molar-refractivity contribution >= 4 is 0 Å². The van der Waals surface area contributed by atoms with Crippen molar-refractivity contribution in [1.82, 2.24) is 0 Å². The van der Waals surface area contributed by atoms with Crippen LogP contribution in [-0.4, -0.2) is 25.9 Å². The van der Waals surface area contributed by atoms with Gasteiger partial charge in [0, 0.05) is 0 Å². The zero-order valence-electron chi connectivity index (χ0n) is 9.23. The Hall–Kier alpha value is -0.600. The molecule has 0 aromatic heterocycles. The quantitative estimate of drug-likeness (QED) is 0.523. The van der Waals surface area contributed by atoms with Crippen LogP contribution in [0.15, 0.2) is 25.3 Å². The van der Waals surface area contributed by atoms with Gasteiger partial charge in [0.05, 0.1) is 19.8 Å². The molecule has 0 amide bonds. The second-order valence-corrected chi connectivity index (χ2v) is 4.53. The summed E-state index contributed by atoms with van der Waals surface area (Å²) in [4.78, 5) is 0. The Kier molecular flexibility index (Phi) is 3.60. The molecule has 4 unspecified atom stereocenters. The molecular formula is C13H20O2. The molecule has 15 heavy (non-hydrogen) atoms. The number of hydrogen-bond donors (Lipinski definition) is 0. The summed E-state index contributed by atoms with van der Waals surface area (Å²) in [5, 5.41) is 0. The first-order chi connectivity index (χ1) is 7.42. The molecule has 2 fully saturated rings. The van der Waals surface area contributed by atoms with E-state index in [2.05, 4.69) is 25.3 Å². The third-order valence-corrected chi connectivity index (χ3v) is 3.45. The van der Waals surface area contributed by atoms with E-state index in [4.69, 9.17) is 9.47 Å². The summed E-state index contributed by atoms with van der Waals surface area (Å²) in [6.45, 7) is 8.68. The van der Waals surface area contributed by atoms with Crippen LogP contribution in [0.3, 0.4) is 0 Å². The van der Waals surface area contributed by atoms with Gasteiger partial charge in [-0.15, -0.1) is 13.2 Å². The predicted octanol–water partition coefficient (Wildman–Crippen LogP) is 2.42. The second kappa shape index (κ2) is 4.95. The topological polar surface area (TPSA) is 21.8 Å². The van der Waals surface area contributed by atoms with E-state index >= 15 is 0 Å². The molecule has 0 N–H and O–H groups in total. The molecule has 2 nitrogen and oxygen atoms in total. The SMILES string of the molecule is C1=CC2CC1CC2COCC1CO1.C=C. The van der Waals surface area contributed by atoms with E-state index in [0.717, 1.165) is 37.6 Å². The van der Waals surface area contributed by atoms with Crippen molar-refractivity contribution in [3.8, 4) is 0 Å². The lowest BCUT2D eigenvalue weighted by Crippen LogP contribution is -2.16. The maximum atomic E-state index is 5.64. The summed E-state index contributed by atoms with van der Waals surface area (Å²) in [6.07, 6.45) is 7.93. The molecule has 1 heterocycles. The smallest absolute Gasteiger partial charge is 0.104 e. The van der Waals surface area contributed by atoms with Gasteiger partial charge in [-0.05, 0) is 30.6 Å². The molecule has 1 saturated carbocycles. The number of allylic oxidation sites excluding steroid dienone is 2. The third kappa shape index (κ3) is 2.70. The first-order valence-corrected chi connectivity index (χ1v) is 5.79. The Morgan fingerprint density at radius 1 is 1.20 bits per heavy atom. The van der Waals surface area contributed by atoms with E-state index in [1.807, 2.05) is 0 Å². The van der Waals surface area contributed by atoms with Crippen LogP contribution in [0.4, 0.5) is 0 Å². The fourth-order valence-corrected chi connectivity index (χ4v) is 2.60. The van der Waals surface area contributed by atoms with Crippen molar-refractivity contribution in [2.45, 2.75) is 18.9 Å². The second-order valence-electron chi connectivity index (χ2n) is 4.53. The summed E-state index contributed by atoms with van der Waals surface area (Å²) in [5.74, 6) is 2.50. The first-order valence-electron chi connectivity index (χ1n) is 5.79. The van der Waals surface area contributed by atoms with Crippen molar-refractivity contribution in [3.05, 3.63) is 25.3 Å². The van der Waals surface area contributed by atoms with Gasteiger partial charge in [-0.3, -0.25) is 0 Å². The largest absolute Gasteiger partial charge is 0.378 e. The molecule has 84 valence electrons. The van der Waals surface area contributed by atoms with Gasteiger partial charge in [0.15, 0.2) is 0 Å². The zero-order valence-corrected chi connectivity index (χ0v) is 9.23. The molecular weight excluding hydrogens is 188 g/mol. The van der Waals surface area contributed by atoms with Gasteiger partial charge in [0.2, 0.25) is 0 Å². The van der Waals surface area contributed by atoms with Crippen molar-refractivity contribution in [3.63, 3.8) is 0 Å². The van der Waals surface area contributed by atoms with Gasteiger partial charge in [-0.25, -0.2) is 0 Å². The van der Waals surface area contributed by atoms with Crippen LogP contribution in [0.1, 0.15) is 12.8 Å². The van der Waals surface area contributed by atoms with Gasteiger partial charge in [0.25, 0.3) is 0 Å². The van der Waals surface area contributed by atoms with Crippen LogP contribution in [0.2, 0.25) is 0 Å². The molecule has 3 aliphatic rings. The van der Waals surface area contributed by atoms with Gasteiger partial charge in [0.1, 0.15) is 6.10 Å². The normalized spacial score (nSPS) is 40.0. The number of ether oxygens (including phenoxy) is 2. The molecule has 2 aliphatic carbocycles. The summed E-state index contributed by atoms with van der Waals surface area (Å²) in [5.41, 5.74) is 0. The lowest BCUT2D eigenvalue weighted by Gasteiger charge is -2.17. The number of epoxide rings is 1. The van der Waals surface area contributed by atoms with Crippen LogP contribution in [0.5, 0.6) is 0 Å². The Morgan fingerprint density at radius 2 is 2.00 bits per heavy atom. The average molecular weight is 208 g/mol. The van der Waals surface area contributed by atoms with Crippen LogP contribution in [0.25, 0.3) is 0 Å². The molecule has 4 atom stereocenters. The molecule has 0 aromatic rings. The monoisotopic (exact) mass is 208 g/mol. The van der Waals surface area contributed by atoms with E-state index in [-0.39, 0.29) is 0 Å². The molecule has 0 radical (unpaired) electrons.